The summed E-state index contributed by atoms with van der Waals surface area (Å²) >= 11 is 0. The zero-order chi connectivity index (χ0) is 18.6. The van der Waals surface area contributed by atoms with Crippen LogP contribution in [0.2, 0.25) is 0 Å². The molecule has 1 aromatic heterocycles. The van der Waals surface area contributed by atoms with Crippen molar-refractivity contribution >= 4 is 16.9 Å². The Labute approximate surface area is 160 Å². The third-order valence-corrected chi connectivity index (χ3v) is 5.49. The Morgan fingerprint density at radius 3 is 3.15 bits per heavy atom. The van der Waals surface area contributed by atoms with Gasteiger partial charge in [0.1, 0.15) is 5.75 Å². The zero-order valence-electron chi connectivity index (χ0n) is 15.6. The van der Waals surface area contributed by atoms with Crippen molar-refractivity contribution in [2.75, 3.05) is 13.7 Å². The van der Waals surface area contributed by atoms with Crippen LogP contribution in [0.5, 0.6) is 5.75 Å². The van der Waals surface area contributed by atoms with Crippen LogP contribution in [0.1, 0.15) is 54.5 Å². The SMILES string of the molecule is COc1ccc2c(c1)CCCC2CCCNC(=O)c1ccc2nc[nH]c2c1.[HH]. The van der Waals surface area contributed by atoms with Gasteiger partial charge in [-0.3, -0.25) is 4.79 Å². The number of aryl methyl sites for hydroxylation is 1. The predicted molar refractivity (Wildman–Crippen MR) is 108 cm³/mol. The third-order valence-electron chi connectivity index (χ3n) is 5.49. The molecule has 0 radical (unpaired) electrons. The second kappa shape index (κ2) is 7.82. The molecule has 0 bridgehead atoms. The first-order valence-electron chi connectivity index (χ1n) is 9.63. The standard InChI is InChI=1S/C22H25N3O2.H2/c1-27-18-8-9-19-15(4-2-5-16(19)12-18)6-3-11-23-22(26)17-7-10-20-21(13-17)25-14-24-20;/h7-10,12-15H,2-6,11H2,1H3,(H,23,26)(H,24,25);1H. The summed E-state index contributed by atoms with van der Waals surface area (Å²) in [5.41, 5.74) is 5.30. The number of hydrogen-bond donors (Lipinski definition) is 2. The number of nitrogens with zero attached hydrogens (tertiary/aromatic N) is 1. The van der Waals surface area contributed by atoms with E-state index in [1.54, 1.807) is 13.4 Å². The van der Waals surface area contributed by atoms with E-state index in [9.17, 15) is 4.79 Å². The second-order valence-electron chi connectivity index (χ2n) is 7.19. The molecular weight excluding hydrogens is 338 g/mol. The molecule has 0 fully saturated rings. The van der Waals surface area contributed by atoms with Gasteiger partial charge in [-0.15, -0.1) is 0 Å². The van der Waals surface area contributed by atoms with Gasteiger partial charge in [-0.05, 0) is 79.5 Å². The molecule has 1 atom stereocenters. The molecule has 1 amide bonds. The first-order chi connectivity index (χ1) is 13.2. The third kappa shape index (κ3) is 3.82. The fourth-order valence-corrected chi connectivity index (χ4v) is 4.05. The minimum atomic E-state index is -0.0275. The molecule has 0 spiro atoms. The summed E-state index contributed by atoms with van der Waals surface area (Å²) in [6.07, 6.45) is 7.30. The Balaban J connectivity index is 0.00000225. The van der Waals surface area contributed by atoms with Crippen molar-refractivity contribution in [1.82, 2.24) is 15.3 Å². The number of amides is 1. The van der Waals surface area contributed by atoms with Crippen LogP contribution in [0.4, 0.5) is 0 Å². The highest BCUT2D eigenvalue weighted by Crippen LogP contribution is 2.36. The van der Waals surface area contributed by atoms with Crippen molar-refractivity contribution in [3.63, 3.8) is 0 Å². The van der Waals surface area contributed by atoms with Gasteiger partial charge >= 0.3 is 0 Å². The van der Waals surface area contributed by atoms with Crippen LogP contribution < -0.4 is 10.1 Å². The maximum atomic E-state index is 12.4. The van der Waals surface area contributed by atoms with E-state index in [0.29, 0.717) is 18.0 Å². The maximum absolute atomic E-state index is 12.4. The highest BCUT2D eigenvalue weighted by atomic mass is 16.5. The lowest BCUT2D eigenvalue weighted by molar-refractivity contribution is 0.0953. The molecule has 3 aromatic rings. The quantitative estimate of drug-likeness (QED) is 0.634. The Hall–Kier alpha value is -2.82. The van der Waals surface area contributed by atoms with Gasteiger partial charge in [0.05, 0.1) is 24.5 Å². The molecule has 1 heterocycles. The molecule has 0 aliphatic heterocycles. The summed E-state index contributed by atoms with van der Waals surface area (Å²) in [5.74, 6) is 1.49. The fraction of sp³-hybridized carbons (Fsp3) is 0.364. The number of aromatic amines is 1. The molecule has 1 aliphatic carbocycles. The summed E-state index contributed by atoms with van der Waals surface area (Å²) in [5, 5.41) is 3.04. The van der Waals surface area contributed by atoms with E-state index < -0.39 is 0 Å². The molecule has 5 heteroatoms. The van der Waals surface area contributed by atoms with Crippen molar-refractivity contribution in [3.05, 3.63) is 59.4 Å². The number of imidazole rings is 1. The number of methoxy groups -OCH3 is 1. The number of carbonyl (C=O) groups excluding carboxylic acids is 1. The van der Waals surface area contributed by atoms with Gasteiger partial charge in [-0.25, -0.2) is 4.98 Å². The molecule has 27 heavy (non-hydrogen) atoms. The van der Waals surface area contributed by atoms with Crippen molar-refractivity contribution in [1.29, 1.82) is 0 Å². The van der Waals surface area contributed by atoms with Crippen molar-refractivity contribution in [2.45, 2.75) is 38.0 Å². The highest BCUT2D eigenvalue weighted by molar-refractivity contribution is 5.97. The topological polar surface area (TPSA) is 67.0 Å². The minimum Gasteiger partial charge on any atom is -0.497 e. The number of aromatic nitrogens is 2. The van der Waals surface area contributed by atoms with E-state index in [4.69, 9.17) is 4.74 Å². The summed E-state index contributed by atoms with van der Waals surface area (Å²) in [4.78, 5) is 19.6. The number of rotatable bonds is 6. The van der Waals surface area contributed by atoms with E-state index in [-0.39, 0.29) is 7.33 Å². The van der Waals surface area contributed by atoms with Crippen LogP contribution in [-0.4, -0.2) is 29.5 Å². The van der Waals surface area contributed by atoms with Gasteiger partial charge in [-0.2, -0.15) is 0 Å². The molecule has 1 unspecified atom stereocenters. The monoisotopic (exact) mass is 365 g/mol. The summed E-state index contributed by atoms with van der Waals surface area (Å²) in [6.45, 7) is 0.696. The predicted octanol–water partition coefficient (Wildman–Crippen LogP) is 4.45. The van der Waals surface area contributed by atoms with E-state index in [2.05, 4.69) is 33.5 Å². The normalized spacial score (nSPS) is 16.1. The lowest BCUT2D eigenvalue weighted by Crippen LogP contribution is -2.25. The second-order valence-corrected chi connectivity index (χ2v) is 7.19. The van der Waals surface area contributed by atoms with Gasteiger partial charge in [0.15, 0.2) is 0 Å². The van der Waals surface area contributed by atoms with Crippen LogP contribution in [0.25, 0.3) is 11.0 Å². The summed E-state index contributed by atoms with van der Waals surface area (Å²) in [6, 6.07) is 12.0. The lowest BCUT2D eigenvalue weighted by atomic mass is 9.80. The van der Waals surface area contributed by atoms with Crippen LogP contribution in [0.3, 0.4) is 0 Å². The number of fused-ring (bicyclic) bond motifs is 2. The van der Waals surface area contributed by atoms with Gasteiger partial charge in [0, 0.05) is 13.5 Å². The number of nitrogens with one attached hydrogen (secondary N) is 2. The van der Waals surface area contributed by atoms with Crippen molar-refractivity contribution < 1.29 is 11.0 Å². The number of hydrogen-bond acceptors (Lipinski definition) is 3. The smallest absolute Gasteiger partial charge is 0.251 e. The van der Waals surface area contributed by atoms with Crippen LogP contribution >= 0.6 is 0 Å². The van der Waals surface area contributed by atoms with Crippen molar-refractivity contribution in [2.24, 2.45) is 0 Å². The molecule has 4 rings (SSSR count). The van der Waals surface area contributed by atoms with Crippen LogP contribution in [0.15, 0.2) is 42.7 Å². The van der Waals surface area contributed by atoms with E-state index >= 15 is 0 Å². The number of ether oxygens (including phenoxy) is 1. The Morgan fingerprint density at radius 1 is 1.33 bits per heavy atom. The number of H-pyrrole nitrogens is 1. The first-order valence-corrected chi connectivity index (χ1v) is 9.63. The molecule has 1 aliphatic rings. The van der Waals surface area contributed by atoms with E-state index in [1.165, 1.54) is 24.0 Å². The van der Waals surface area contributed by atoms with E-state index in [1.807, 2.05) is 18.2 Å². The largest absolute Gasteiger partial charge is 0.497 e. The van der Waals surface area contributed by atoms with Gasteiger partial charge in [0.25, 0.3) is 5.91 Å². The number of benzene rings is 2. The number of carbonyl (C=O) groups is 1. The zero-order valence-corrected chi connectivity index (χ0v) is 15.6. The Kier molecular flexibility index (Phi) is 5.10. The van der Waals surface area contributed by atoms with E-state index in [0.717, 1.165) is 36.0 Å². The molecule has 0 saturated carbocycles. The minimum absolute atomic E-state index is 0. The summed E-state index contributed by atoms with van der Waals surface area (Å²) < 4.78 is 5.35. The van der Waals surface area contributed by atoms with Gasteiger partial charge < -0.3 is 15.0 Å². The average Bonchev–Trinajstić information content (AvgIpc) is 3.18. The average molecular weight is 365 g/mol. The van der Waals surface area contributed by atoms with Crippen LogP contribution in [-0.2, 0) is 6.42 Å². The maximum Gasteiger partial charge on any atom is 0.251 e. The van der Waals surface area contributed by atoms with Crippen LogP contribution in [0, 0.1) is 0 Å². The molecular formula is C22H27N3O2. The first kappa shape index (κ1) is 17.6. The summed E-state index contributed by atoms with van der Waals surface area (Å²) in [7, 11) is 1.72. The molecule has 2 aromatic carbocycles. The Morgan fingerprint density at radius 2 is 2.26 bits per heavy atom. The van der Waals surface area contributed by atoms with Crippen molar-refractivity contribution in [3.8, 4) is 5.75 Å². The lowest BCUT2D eigenvalue weighted by Gasteiger charge is -2.26. The fourth-order valence-electron chi connectivity index (χ4n) is 4.05. The Bertz CT molecular complexity index is 954. The van der Waals surface area contributed by atoms with Gasteiger partial charge in [-0.1, -0.05) is 6.07 Å². The molecule has 5 nitrogen and oxygen atoms in total. The highest BCUT2D eigenvalue weighted by Gasteiger charge is 2.20. The molecule has 2 N–H and O–H groups in total. The van der Waals surface area contributed by atoms with Gasteiger partial charge in [0.2, 0.25) is 0 Å². The molecule has 142 valence electrons. The molecule has 0 saturated heterocycles.